The number of amides is 1. The molecule has 158 valence electrons. The van der Waals surface area contributed by atoms with Crippen molar-refractivity contribution < 1.29 is 9.53 Å². The van der Waals surface area contributed by atoms with Gasteiger partial charge in [-0.05, 0) is 43.3 Å². The maximum Gasteiger partial charge on any atom is 0.267 e. The Morgan fingerprint density at radius 2 is 1.87 bits per heavy atom. The number of fused-ring (bicyclic) bond motifs is 1. The molecule has 0 spiro atoms. The van der Waals surface area contributed by atoms with Crippen molar-refractivity contribution in [3.8, 4) is 5.75 Å². The van der Waals surface area contributed by atoms with Gasteiger partial charge in [-0.15, -0.1) is 0 Å². The second-order valence-corrected chi connectivity index (χ2v) is 7.95. The number of aromatic nitrogens is 1. The Morgan fingerprint density at radius 3 is 2.67 bits per heavy atom. The van der Waals surface area contributed by atoms with Crippen LogP contribution in [0.2, 0.25) is 0 Å². The molecule has 1 amide bonds. The smallest absolute Gasteiger partial charge is 0.267 e. The average Bonchev–Trinajstić information content (AvgIpc) is 3.18. The molecule has 4 rings (SSSR count). The van der Waals surface area contributed by atoms with Gasteiger partial charge >= 0.3 is 0 Å². The lowest BCUT2D eigenvalue weighted by atomic mass is 10.1. The number of nitrogens with one attached hydrogen (secondary N) is 2. The van der Waals surface area contributed by atoms with Gasteiger partial charge in [-0.2, -0.15) is 0 Å². The maximum atomic E-state index is 12.6. The highest BCUT2D eigenvalue weighted by molar-refractivity contribution is 5.98. The fraction of sp³-hybridized carbons (Fsp3) is 0.375. The van der Waals surface area contributed by atoms with Gasteiger partial charge in [-0.1, -0.05) is 24.3 Å². The highest BCUT2D eigenvalue weighted by atomic mass is 16.5. The minimum Gasteiger partial charge on any atom is -0.494 e. The molecule has 1 fully saturated rings. The molecule has 3 aromatic rings. The number of hydrogen-bond donors (Lipinski definition) is 2. The Balaban J connectivity index is 1.36. The molecule has 0 saturated carbocycles. The van der Waals surface area contributed by atoms with E-state index >= 15 is 0 Å². The summed E-state index contributed by atoms with van der Waals surface area (Å²) in [6, 6.07) is 16.2. The van der Waals surface area contributed by atoms with Gasteiger partial charge in [0.25, 0.3) is 5.91 Å². The zero-order valence-electron chi connectivity index (χ0n) is 17.8. The van der Waals surface area contributed by atoms with E-state index in [4.69, 9.17) is 4.74 Å². The first kappa shape index (κ1) is 20.4. The van der Waals surface area contributed by atoms with Gasteiger partial charge < -0.3 is 19.9 Å². The number of carbonyl (C=O) groups is 1. The fourth-order valence-electron chi connectivity index (χ4n) is 3.86. The summed E-state index contributed by atoms with van der Waals surface area (Å²) in [7, 11) is 2.17. The summed E-state index contributed by atoms with van der Waals surface area (Å²) in [5.41, 5.74) is 3.87. The van der Waals surface area contributed by atoms with Gasteiger partial charge in [0, 0.05) is 56.2 Å². The fourth-order valence-corrected chi connectivity index (χ4v) is 3.86. The predicted octanol–water partition coefficient (Wildman–Crippen LogP) is 3.24. The molecule has 1 aromatic heterocycles. The van der Waals surface area contributed by atoms with Gasteiger partial charge in [0.1, 0.15) is 11.4 Å². The largest absolute Gasteiger partial charge is 0.494 e. The molecule has 0 bridgehead atoms. The number of hydrogen-bond acceptors (Lipinski definition) is 4. The van der Waals surface area contributed by atoms with Crippen LogP contribution in [-0.2, 0) is 13.1 Å². The second kappa shape index (κ2) is 9.32. The van der Waals surface area contributed by atoms with E-state index in [1.54, 1.807) is 0 Å². The van der Waals surface area contributed by atoms with E-state index < -0.39 is 0 Å². The number of rotatable bonds is 7. The molecule has 30 heavy (non-hydrogen) atoms. The van der Waals surface area contributed by atoms with Crippen LogP contribution < -0.4 is 10.1 Å². The van der Waals surface area contributed by atoms with Crippen molar-refractivity contribution in [1.82, 2.24) is 20.1 Å². The lowest BCUT2D eigenvalue weighted by molar-refractivity contribution is 0.0946. The normalized spacial score (nSPS) is 15.4. The van der Waals surface area contributed by atoms with Crippen LogP contribution in [0.1, 0.15) is 28.5 Å². The molecule has 6 nitrogen and oxygen atoms in total. The number of H-pyrrole nitrogens is 1. The number of benzene rings is 2. The van der Waals surface area contributed by atoms with Crippen molar-refractivity contribution in [3.63, 3.8) is 0 Å². The summed E-state index contributed by atoms with van der Waals surface area (Å²) in [5, 5.41) is 4.03. The zero-order valence-corrected chi connectivity index (χ0v) is 17.8. The lowest BCUT2D eigenvalue weighted by Gasteiger charge is -2.32. The van der Waals surface area contributed by atoms with Crippen molar-refractivity contribution in [1.29, 1.82) is 0 Å². The molecule has 1 aliphatic rings. The van der Waals surface area contributed by atoms with Crippen molar-refractivity contribution in [2.24, 2.45) is 0 Å². The quantitative estimate of drug-likeness (QED) is 0.632. The first-order valence-corrected chi connectivity index (χ1v) is 10.6. The van der Waals surface area contributed by atoms with E-state index in [9.17, 15) is 4.79 Å². The number of nitrogens with zero attached hydrogens (tertiary/aromatic N) is 2. The number of likely N-dealkylation sites (N-methyl/N-ethyl adjacent to an activating group) is 1. The molecule has 2 N–H and O–H groups in total. The average molecular weight is 407 g/mol. The molecule has 1 saturated heterocycles. The Labute approximate surface area is 177 Å². The third-order valence-corrected chi connectivity index (χ3v) is 5.60. The van der Waals surface area contributed by atoms with Crippen molar-refractivity contribution >= 4 is 16.8 Å². The molecule has 1 aliphatic heterocycles. The SMILES string of the molecule is CCOc1ccc2cc(C(=O)NCc3cccc(CN4CCN(C)CC4)c3)[nH]c2c1. The molecule has 6 heteroatoms. The first-order valence-electron chi connectivity index (χ1n) is 10.6. The van der Waals surface area contributed by atoms with E-state index in [2.05, 4.69) is 51.4 Å². The zero-order chi connectivity index (χ0) is 20.9. The summed E-state index contributed by atoms with van der Waals surface area (Å²) in [4.78, 5) is 20.7. The molecular formula is C24H30N4O2. The Hall–Kier alpha value is -2.83. The van der Waals surface area contributed by atoms with Crippen LogP contribution in [-0.4, -0.2) is 60.5 Å². The minimum atomic E-state index is -0.103. The summed E-state index contributed by atoms with van der Waals surface area (Å²) in [6.07, 6.45) is 0. The Kier molecular flexibility index (Phi) is 6.35. The molecule has 0 unspecified atom stereocenters. The summed E-state index contributed by atoms with van der Waals surface area (Å²) < 4.78 is 5.53. The van der Waals surface area contributed by atoms with E-state index in [0.717, 1.165) is 54.9 Å². The molecular weight excluding hydrogens is 376 g/mol. The second-order valence-electron chi connectivity index (χ2n) is 7.95. The highest BCUT2D eigenvalue weighted by Gasteiger charge is 2.14. The molecule has 0 radical (unpaired) electrons. The van der Waals surface area contributed by atoms with Gasteiger partial charge in [0.05, 0.1) is 6.61 Å². The molecule has 2 heterocycles. The predicted molar refractivity (Wildman–Crippen MR) is 120 cm³/mol. The van der Waals surface area contributed by atoms with Crippen LogP contribution in [0.3, 0.4) is 0 Å². The van der Waals surface area contributed by atoms with Gasteiger partial charge in [-0.3, -0.25) is 9.69 Å². The maximum absolute atomic E-state index is 12.6. The topological polar surface area (TPSA) is 60.6 Å². The molecule has 0 atom stereocenters. The molecule has 2 aromatic carbocycles. The third kappa shape index (κ3) is 5.01. The van der Waals surface area contributed by atoms with E-state index in [0.29, 0.717) is 18.8 Å². The summed E-state index contributed by atoms with van der Waals surface area (Å²) >= 11 is 0. The third-order valence-electron chi connectivity index (χ3n) is 5.60. The van der Waals surface area contributed by atoms with Gasteiger partial charge in [0.15, 0.2) is 0 Å². The number of piperazine rings is 1. The van der Waals surface area contributed by atoms with Gasteiger partial charge in [-0.25, -0.2) is 0 Å². The Bertz CT molecular complexity index is 1010. The van der Waals surface area contributed by atoms with Crippen LogP contribution in [0.15, 0.2) is 48.5 Å². The minimum absolute atomic E-state index is 0.103. The monoisotopic (exact) mass is 406 g/mol. The van der Waals surface area contributed by atoms with E-state index in [1.807, 2.05) is 31.2 Å². The summed E-state index contributed by atoms with van der Waals surface area (Å²) in [6.45, 7) is 8.48. The standard InChI is InChI=1S/C24H30N4O2/c1-3-30-21-8-7-20-14-23(26-22(20)15-21)24(29)25-16-18-5-4-6-19(13-18)17-28-11-9-27(2)10-12-28/h4-8,13-15,26H,3,9-12,16-17H2,1-2H3,(H,25,29). The lowest BCUT2D eigenvalue weighted by Crippen LogP contribution is -2.43. The first-order chi connectivity index (χ1) is 14.6. The Morgan fingerprint density at radius 1 is 1.07 bits per heavy atom. The molecule has 0 aliphatic carbocycles. The van der Waals surface area contributed by atoms with Crippen LogP contribution >= 0.6 is 0 Å². The van der Waals surface area contributed by atoms with E-state index in [-0.39, 0.29) is 5.91 Å². The van der Waals surface area contributed by atoms with Crippen LogP contribution in [0.25, 0.3) is 10.9 Å². The number of carbonyl (C=O) groups excluding carboxylic acids is 1. The van der Waals surface area contributed by atoms with Crippen molar-refractivity contribution in [2.75, 3.05) is 39.8 Å². The van der Waals surface area contributed by atoms with Crippen LogP contribution in [0.5, 0.6) is 5.75 Å². The van der Waals surface area contributed by atoms with Gasteiger partial charge in [0.2, 0.25) is 0 Å². The van der Waals surface area contributed by atoms with E-state index in [1.165, 1.54) is 5.56 Å². The van der Waals surface area contributed by atoms with Crippen LogP contribution in [0, 0.1) is 0 Å². The van der Waals surface area contributed by atoms with Crippen molar-refractivity contribution in [2.45, 2.75) is 20.0 Å². The van der Waals surface area contributed by atoms with Crippen molar-refractivity contribution in [3.05, 3.63) is 65.4 Å². The number of ether oxygens (including phenoxy) is 1. The summed E-state index contributed by atoms with van der Waals surface area (Å²) in [5.74, 6) is 0.699. The highest BCUT2D eigenvalue weighted by Crippen LogP contribution is 2.21. The number of aromatic amines is 1. The van der Waals surface area contributed by atoms with Crippen LogP contribution in [0.4, 0.5) is 0 Å².